The molecule has 0 bridgehead atoms. The molecule has 1 unspecified atom stereocenters. The summed E-state index contributed by atoms with van der Waals surface area (Å²) in [4.78, 5) is 12.0. The molecule has 18 heavy (non-hydrogen) atoms. The van der Waals surface area contributed by atoms with Gasteiger partial charge in [0.25, 0.3) is 0 Å². The zero-order chi connectivity index (χ0) is 12.6. The Balaban J connectivity index is 1.61. The van der Waals surface area contributed by atoms with Crippen molar-refractivity contribution in [1.82, 2.24) is 10.5 Å². The fourth-order valence-corrected chi connectivity index (χ4v) is 2.35. The SMILES string of the molecule is CC1(c2cc(NC(=O)C3CCCCN3)on2)CC1. The number of anilines is 1. The number of rotatable bonds is 3. The van der Waals surface area contributed by atoms with Crippen molar-refractivity contribution in [3.05, 3.63) is 11.8 Å². The molecule has 1 aromatic heterocycles. The van der Waals surface area contributed by atoms with Crippen LogP contribution in [0, 0.1) is 0 Å². The molecule has 2 heterocycles. The van der Waals surface area contributed by atoms with E-state index >= 15 is 0 Å². The van der Waals surface area contributed by atoms with E-state index in [-0.39, 0.29) is 17.4 Å². The van der Waals surface area contributed by atoms with Crippen LogP contribution in [0.2, 0.25) is 0 Å². The highest BCUT2D eigenvalue weighted by Gasteiger charge is 2.42. The van der Waals surface area contributed by atoms with E-state index in [1.54, 1.807) is 0 Å². The van der Waals surface area contributed by atoms with E-state index in [9.17, 15) is 4.79 Å². The lowest BCUT2D eigenvalue weighted by Gasteiger charge is -2.21. The molecule has 1 amide bonds. The number of piperidine rings is 1. The Bertz CT molecular complexity index is 445. The number of nitrogens with one attached hydrogen (secondary N) is 2. The second-order valence-corrected chi connectivity index (χ2v) is 5.63. The average Bonchev–Trinajstić information content (AvgIpc) is 2.97. The van der Waals surface area contributed by atoms with Gasteiger partial charge in [0, 0.05) is 11.5 Å². The van der Waals surface area contributed by atoms with Crippen LogP contribution in [0.15, 0.2) is 10.6 Å². The van der Waals surface area contributed by atoms with Crippen molar-refractivity contribution in [2.45, 2.75) is 50.5 Å². The van der Waals surface area contributed by atoms with Crippen LogP contribution in [0.4, 0.5) is 5.88 Å². The van der Waals surface area contributed by atoms with Crippen LogP contribution in [-0.2, 0) is 10.2 Å². The maximum absolute atomic E-state index is 12.0. The third-order valence-corrected chi connectivity index (χ3v) is 4.00. The molecular formula is C13H19N3O2. The molecule has 1 aliphatic heterocycles. The molecule has 1 saturated carbocycles. The minimum Gasteiger partial charge on any atom is -0.338 e. The summed E-state index contributed by atoms with van der Waals surface area (Å²) >= 11 is 0. The summed E-state index contributed by atoms with van der Waals surface area (Å²) in [6.07, 6.45) is 5.44. The number of hydrogen-bond donors (Lipinski definition) is 2. The predicted octanol–water partition coefficient (Wildman–Crippen LogP) is 1.81. The first kappa shape index (κ1) is 11.7. The van der Waals surface area contributed by atoms with E-state index in [0.717, 1.165) is 44.3 Å². The van der Waals surface area contributed by atoms with Gasteiger partial charge >= 0.3 is 0 Å². The molecule has 2 fully saturated rings. The summed E-state index contributed by atoms with van der Waals surface area (Å²) in [6, 6.07) is 1.76. The molecule has 3 rings (SSSR count). The third-order valence-electron chi connectivity index (χ3n) is 4.00. The highest BCUT2D eigenvalue weighted by molar-refractivity contribution is 5.93. The lowest BCUT2D eigenvalue weighted by Crippen LogP contribution is -2.43. The van der Waals surface area contributed by atoms with Gasteiger partial charge in [-0.3, -0.25) is 10.1 Å². The molecule has 98 valence electrons. The molecule has 2 aliphatic rings. The smallest absolute Gasteiger partial charge is 0.243 e. The van der Waals surface area contributed by atoms with Gasteiger partial charge in [0.2, 0.25) is 11.8 Å². The van der Waals surface area contributed by atoms with Crippen LogP contribution >= 0.6 is 0 Å². The minimum atomic E-state index is -0.0937. The summed E-state index contributed by atoms with van der Waals surface area (Å²) in [7, 11) is 0. The summed E-state index contributed by atoms with van der Waals surface area (Å²) < 4.78 is 5.18. The lowest BCUT2D eigenvalue weighted by molar-refractivity contribution is -0.118. The topological polar surface area (TPSA) is 67.2 Å². The summed E-state index contributed by atoms with van der Waals surface area (Å²) in [5.41, 5.74) is 1.13. The third kappa shape index (κ3) is 2.27. The summed E-state index contributed by atoms with van der Waals surface area (Å²) in [5, 5.41) is 10.1. The zero-order valence-electron chi connectivity index (χ0n) is 10.7. The zero-order valence-corrected chi connectivity index (χ0v) is 10.7. The van der Waals surface area contributed by atoms with Gasteiger partial charge in [0.15, 0.2) is 0 Å². The van der Waals surface area contributed by atoms with E-state index in [1.807, 2.05) is 6.07 Å². The van der Waals surface area contributed by atoms with Crippen LogP contribution in [0.5, 0.6) is 0 Å². The molecule has 0 radical (unpaired) electrons. The van der Waals surface area contributed by atoms with Crippen molar-refractivity contribution in [3.63, 3.8) is 0 Å². The fraction of sp³-hybridized carbons (Fsp3) is 0.692. The van der Waals surface area contributed by atoms with Crippen molar-refractivity contribution in [1.29, 1.82) is 0 Å². The monoisotopic (exact) mass is 249 g/mol. The van der Waals surface area contributed by atoms with Gasteiger partial charge in [-0.15, -0.1) is 0 Å². The Morgan fingerprint density at radius 1 is 1.56 bits per heavy atom. The highest BCUT2D eigenvalue weighted by Crippen LogP contribution is 2.47. The van der Waals surface area contributed by atoms with Gasteiger partial charge in [-0.25, -0.2) is 0 Å². The largest absolute Gasteiger partial charge is 0.338 e. The number of carbonyl (C=O) groups excluding carboxylic acids is 1. The molecule has 1 atom stereocenters. The number of aromatic nitrogens is 1. The van der Waals surface area contributed by atoms with Gasteiger partial charge in [0.1, 0.15) is 0 Å². The lowest BCUT2D eigenvalue weighted by atomic mass is 10.0. The molecule has 2 N–H and O–H groups in total. The molecule has 0 aromatic carbocycles. The van der Waals surface area contributed by atoms with Crippen LogP contribution in [0.1, 0.15) is 44.7 Å². The molecule has 5 nitrogen and oxygen atoms in total. The molecule has 1 aliphatic carbocycles. The van der Waals surface area contributed by atoms with Gasteiger partial charge in [0.05, 0.1) is 11.7 Å². The van der Waals surface area contributed by atoms with Crippen LogP contribution in [0.25, 0.3) is 0 Å². The van der Waals surface area contributed by atoms with Crippen LogP contribution in [-0.4, -0.2) is 23.7 Å². The number of nitrogens with zero attached hydrogens (tertiary/aromatic N) is 1. The first-order valence-corrected chi connectivity index (χ1v) is 6.69. The molecule has 0 spiro atoms. The van der Waals surface area contributed by atoms with Crippen molar-refractivity contribution < 1.29 is 9.32 Å². The van der Waals surface area contributed by atoms with E-state index in [0.29, 0.717) is 5.88 Å². The Morgan fingerprint density at radius 2 is 2.39 bits per heavy atom. The minimum absolute atomic E-state index is 0.0154. The van der Waals surface area contributed by atoms with Crippen molar-refractivity contribution in [2.75, 3.05) is 11.9 Å². The van der Waals surface area contributed by atoms with E-state index in [2.05, 4.69) is 22.7 Å². The number of hydrogen-bond acceptors (Lipinski definition) is 4. The summed E-state index contributed by atoms with van der Waals surface area (Å²) in [6.45, 7) is 3.08. The van der Waals surface area contributed by atoms with Gasteiger partial charge in [-0.1, -0.05) is 18.5 Å². The maximum Gasteiger partial charge on any atom is 0.243 e. The van der Waals surface area contributed by atoms with Gasteiger partial charge < -0.3 is 9.84 Å². The number of carbonyl (C=O) groups is 1. The van der Waals surface area contributed by atoms with Crippen LogP contribution < -0.4 is 10.6 Å². The standard InChI is InChI=1S/C13H19N3O2/c1-13(5-6-13)10-8-11(18-16-10)15-12(17)9-4-2-3-7-14-9/h8-9,14H,2-7H2,1H3,(H,15,17). The first-order valence-electron chi connectivity index (χ1n) is 6.69. The molecule has 1 saturated heterocycles. The quantitative estimate of drug-likeness (QED) is 0.857. The van der Waals surface area contributed by atoms with E-state index in [4.69, 9.17) is 4.52 Å². The molecular weight excluding hydrogens is 230 g/mol. The van der Waals surface area contributed by atoms with Crippen molar-refractivity contribution in [2.24, 2.45) is 0 Å². The van der Waals surface area contributed by atoms with Crippen molar-refractivity contribution >= 4 is 11.8 Å². The highest BCUT2D eigenvalue weighted by atomic mass is 16.5. The Labute approximate surface area is 106 Å². The predicted molar refractivity (Wildman–Crippen MR) is 67.4 cm³/mol. The Hall–Kier alpha value is -1.36. The maximum atomic E-state index is 12.0. The van der Waals surface area contributed by atoms with E-state index in [1.165, 1.54) is 0 Å². The average molecular weight is 249 g/mol. The molecule has 5 heteroatoms. The second-order valence-electron chi connectivity index (χ2n) is 5.63. The number of amides is 1. The summed E-state index contributed by atoms with van der Waals surface area (Å²) in [5.74, 6) is 0.453. The Morgan fingerprint density at radius 3 is 3.06 bits per heavy atom. The first-order chi connectivity index (χ1) is 8.67. The Kier molecular flexibility index (Phi) is 2.86. The second kappa shape index (κ2) is 4.39. The van der Waals surface area contributed by atoms with Gasteiger partial charge in [-0.2, -0.15) is 0 Å². The van der Waals surface area contributed by atoms with Crippen molar-refractivity contribution in [3.8, 4) is 0 Å². The van der Waals surface area contributed by atoms with E-state index < -0.39 is 0 Å². The van der Waals surface area contributed by atoms with Crippen LogP contribution in [0.3, 0.4) is 0 Å². The normalized spacial score (nSPS) is 25.7. The van der Waals surface area contributed by atoms with Gasteiger partial charge in [-0.05, 0) is 32.2 Å². The molecule has 1 aromatic rings. The fourth-order valence-electron chi connectivity index (χ4n) is 2.35.